The van der Waals surface area contributed by atoms with Crippen molar-refractivity contribution in [2.24, 2.45) is 0 Å². The van der Waals surface area contributed by atoms with E-state index in [-0.39, 0.29) is 11.7 Å². The van der Waals surface area contributed by atoms with Crippen LogP contribution < -0.4 is 4.90 Å². The molecule has 1 aliphatic heterocycles. The van der Waals surface area contributed by atoms with E-state index in [1.54, 1.807) is 17.0 Å². The molecule has 3 aromatic rings. The first-order chi connectivity index (χ1) is 11.6. The molecule has 2 heterocycles. The van der Waals surface area contributed by atoms with Crippen molar-refractivity contribution in [2.45, 2.75) is 19.8 Å². The number of anilines is 1. The predicted molar refractivity (Wildman–Crippen MR) is 92.9 cm³/mol. The largest absolute Gasteiger partial charge is 0.305 e. The molecule has 3 nitrogen and oxygen atoms in total. The molecule has 0 fully saturated rings. The van der Waals surface area contributed by atoms with Gasteiger partial charge in [-0.15, -0.1) is 0 Å². The molecular formula is C20H17FN2O. The summed E-state index contributed by atoms with van der Waals surface area (Å²) in [4.78, 5) is 19.3. The lowest BCUT2D eigenvalue weighted by molar-refractivity contribution is 0.0985. The zero-order valence-electron chi connectivity index (χ0n) is 13.4. The van der Waals surface area contributed by atoms with Gasteiger partial charge in [0.25, 0.3) is 5.91 Å². The molecule has 0 atom stereocenters. The molecule has 120 valence electrons. The lowest BCUT2D eigenvalue weighted by Gasteiger charge is -2.30. The lowest BCUT2D eigenvalue weighted by atomic mass is 9.99. The van der Waals surface area contributed by atoms with Gasteiger partial charge in [-0.25, -0.2) is 4.39 Å². The van der Waals surface area contributed by atoms with Crippen molar-refractivity contribution in [1.29, 1.82) is 0 Å². The molecule has 24 heavy (non-hydrogen) atoms. The molecular weight excluding hydrogens is 303 g/mol. The number of amides is 1. The Hall–Kier alpha value is -2.75. The van der Waals surface area contributed by atoms with Gasteiger partial charge in [0.15, 0.2) is 0 Å². The normalized spacial score (nSPS) is 13.8. The average Bonchev–Trinajstić information content (AvgIpc) is 2.60. The van der Waals surface area contributed by atoms with E-state index in [0.29, 0.717) is 17.8 Å². The van der Waals surface area contributed by atoms with Gasteiger partial charge in [0.2, 0.25) is 0 Å². The van der Waals surface area contributed by atoms with Crippen LogP contribution in [0.4, 0.5) is 10.1 Å². The highest BCUT2D eigenvalue weighted by Gasteiger charge is 2.27. The fraction of sp³-hybridized carbons (Fsp3) is 0.200. The number of aromatic nitrogens is 1. The fourth-order valence-electron chi connectivity index (χ4n) is 3.44. The Morgan fingerprint density at radius 1 is 1.17 bits per heavy atom. The zero-order chi connectivity index (χ0) is 16.7. The third-order valence-electron chi connectivity index (χ3n) is 4.49. The van der Waals surface area contributed by atoms with Crippen molar-refractivity contribution in [3.05, 3.63) is 71.2 Å². The number of halogens is 1. The van der Waals surface area contributed by atoms with E-state index >= 15 is 0 Å². The molecule has 0 saturated carbocycles. The van der Waals surface area contributed by atoms with Crippen LogP contribution in [0.3, 0.4) is 0 Å². The number of fused-ring (bicyclic) bond motifs is 2. The van der Waals surface area contributed by atoms with Crippen LogP contribution >= 0.6 is 0 Å². The maximum atomic E-state index is 14.4. The number of hydrogen-bond acceptors (Lipinski definition) is 2. The summed E-state index contributed by atoms with van der Waals surface area (Å²) < 4.78 is 14.4. The summed E-state index contributed by atoms with van der Waals surface area (Å²) in [5.74, 6) is -0.501. The van der Waals surface area contributed by atoms with Gasteiger partial charge in [-0.2, -0.15) is 0 Å². The van der Waals surface area contributed by atoms with Gasteiger partial charge >= 0.3 is 0 Å². The highest BCUT2D eigenvalue weighted by Crippen LogP contribution is 2.32. The SMILES string of the molecule is Cc1cc(C(=O)N2CCCc3cccc(F)c32)c2ccccc2n1. The van der Waals surface area contributed by atoms with E-state index in [2.05, 4.69) is 4.98 Å². The number of rotatable bonds is 1. The predicted octanol–water partition coefficient (Wildman–Crippen LogP) is 4.28. The Morgan fingerprint density at radius 3 is 2.88 bits per heavy atom. The van der Waals surface area contributed by atoms with Gasteiger partial charge in [0, 0.05) is 17.6 Å². The fourth-order valence-corrected chi connectivity index (χ4v) is 3.44. The molecule has 1 amide bonds. The highest BCUT2D eigenvalue weighted by molar-refractivity contribution is 6.14. The molecule has 1 aliphatic rings. The van der Waals surface area contributed by atoms with E-state index in [0.717, 1.165) is 35.0 Å². The summed E-state index contributed by atoms with van der Waals surface area (Å²) in [6.07, 6.45) is 1.64. The van der Waals surface area contributed by atoms with Crippen LogP contribution in [-0.4, -0.2) is 17.4 Å². The number of aryl methyl sites for hydroxylation is 2. The number of benzene rings is 2. The number of carbonyl (C=O) groups excluding carboxylic acids is 1. The van der Waals surface area contributed by atoms with E-state index in [1.165, 1.54) is 6.07 Å². The van der Waals surface area contributed by atoms with Crippen LogP contribution in [0.5, 0.6) is 0 Å². The van der Waals surface area contributed by atoms with Crippen molar-refractivity contribution in [2.75, 3.05) is 11.4 Å². The minimum atomic E-state index is -0.337. The summed E-state index contributed by atoms with van der Waals surface area (Å²) in [6.45, 7) is 2.40. The number of nitrogens with zero attached hydrogens (tertiary/aromatic N) is 2. The van der Waals surface area contributed by atoms with Crippen LogP contribution in [0.2, 0.25) is 0 Å². The molecule has 0 bridgehead atoms. The Kier molecular flexibility index (Phi) is 3.53. The summed E-state index contributed by atoms with van der Waals surface area (Å²) in [5, 5.41) is 0.802. The van der Waals surface area contributed by atoms with Crippen molar-refractivity contribution in [3.8, 4) is 0 Å². The van der Waals surface area contributed by atoms with Gasteiger partial charge in [0.05, 0.1) is 16.8 Å². The summed E-state index contributed by atoms with van der Waals surface area (Å²) in [7, 11) is 0. The van der Waals surface area contributed by atoms with Crippen LogP contribution in [0.25, 0.3) is 10.9 Å². The number of pyridine rings is 1. The van der Waals surface area contributed by atoms with Gasteiger partial charge in [0.1, 0.15) is 5.82 Å². The number of para-hydroxylation sites is 2. The molecule has 0 radical (unpaired) electrons. The first-order valence-electron chi connectivity index (χ1n) is 8.11. The van der Waals surface area contributed by atoms with Crippen molar-refractivity contribution in [1.82, 2.24) is 4.98 Å². The van der Waals surface area contributed by atoms with Gasteiger partial charge in [-0.05, 0) is 43.5 Å². The molecule has 1 aromatic heterocycles. The monoisotopic (exact) mass is 320 g/mol. The molecule has 2 aromatic carbocycles. The second-order valence-corrected chi connectivity index (χ2v) is 6.14. The first kappa shape index (κ1) is 14.8. The van der Waals surface area contributed by atoms with E-state index in [1.807, 2.05) is 37.3 Å². The molecule has 0 saturated heterocycles. The van der Waals surface area contributed by atoms with Gasteiger partial charge in [-0.1, -0.05) is 30.3 Å². The van der Waals surface area contributed by atoms with Gasteiger partial charge in [-0.3, -0.25) is 9.78 Å². The van der Waals surface area contributed by atoms with Gasteiger partial charge < -0.3 is 4.90 Å². The van der Waals surface area contributed by atoms with E-state index in [4.69, 9.17) is 0 Å². The third kappa shape index (κ3) is 2.35. The molecule has 4 heteroatoms. The van der Waals surface area contributed by atoms with E-state index in [9.17, 15) is 9.18 Å². The van der Waals surface area contributed by atoms with Crippen LogP contribution in [-0.2, 0) is 6.42 Å². The maximum Gasteiger partial charge on any atom is 0.259 e. The standard InChI is InChI=1S/C20H17FN2O/c1-13-12-16(15-8-2-3-10-18(15)22-13)20(24)23-11-5-7-14-6-4-9-17(21)19(14)23/h2-4,6,8-10,12H,5,7,11H2,1H3. The minimum absolute atomic E-state index is 0.164. The second-order valence-electron chi connectivity index (χ2n) is 6.14. The Morgan fingerprint density at radius 2 is 2.00 bits per heavy atom. The molecule has 0 aliphatic carbocycles. The smallest absolute Gasteiger partial charge is 0.259 e. The summed E-state index contributed by atoms with van der Waals surface area (Å²) in [5.41, 5.74) is 3.46. The third-order valence-corrected chi connectivity index (χ3v) is 4.49. The molecule has 0 unspecified atom stereocenters. The Bertz CT molecular complexity index is 952. The summed E-state index contributed by atoms with van der Waals surface area (Å²) >= 11 is 0. The minimum Gasteiger partial charge on any atom is -0.305 e. The quantitative estimate of drug-likeness (QED) is 0.670. The van der Waals surface area contributed by atoms with Crippen LogP contribution in [0, 0.1) is 12.7 Å². The van der Waals surface area contributed by atoms with Crippen LogP contribution in [0.1, 0.15) is 28.0 Å². The van der Waals surface area contributed by atoms with E-state index < -0.39 is 0 Å². The number of carbonyl (C=O) groups is 1. The zero-order valence-corrected chi connectivity index (χ0v) is 13.4. The van der Waals surface area contributed by atoms with Crippen LogP contribution in [0.15, 0.2) is 48.5 Å². The Labute approximate surface area is 139 Å². The average molecular weight is 320 g/mol. The lowest BCUT2D eigenvalue weighted by Crippen LogP contribution is -2.36. The Balaban J connectivity index is 1.87. The van der Waals surface area contributed by atoms with Crippen molar-refractivity contribution >= 4 is 22.5 Å². The van der Waals surface area contributed by atoms with Crippen molar-refractivity contribution < 1.29 is 9.18 Å². The van der Waals surface area contributed by atoms with Crippen molar-refractivity contribution in [3.63, 3.8) is 0 Å². The number of hydrogen-bond donors (Lipinski definition) is 0. The molecule has 0 spiro atoms. The highest BCUT2D eigenvalue weighted by atomic mass is 19.1. The summed E-state index contributed by atoms with van der Waals surface area (Å²) in [6, 6.07) is 14.4. The molecule has 0 N–H and O–H groups in total. The maximum absolute atomic E-state index is 14.4. The second kappa shape index (κ2) is 5.71. The molecule has 4 rings (SSSR count). The topological polar surface area (TPSA) is 33.2 Å². The first-order valence-corrected chi connectivity index (χ1v) is 8.11.